The average Bonchev–Trinajstić information content (AvgIpc) is 2.35. The molecule has 2 rings (SSSR count). The molecule has 1 atom stereocenters. The first-order valence-electron chi connectivity index (χ1n) is 6.58. The minimum Gasteiger partial charge on any atom is -0.313 e. The van der Waals surface area contributed by atoms with E-state index in [0.717, 1.165) is 19.6 Å². The molecule has 18 heavy (non-hydrogen) atoms. The number of likely N-dealkylation sites (N-methyl/N-ethyl adjacent to an activating group) is 1. The minimum atomic E-state index is 0.629. The van der Waals surface area contributed by atoms with Crippen molar-refractivity contribution < 1.29 is 0 Å². The monoisotopic (exact) mass is 286 g/mol. The number of piperidine rings is 1. The smallest absolute Gasteiger partial charge is 0.0595 e. The van der Waals surface area contributed by atoms with Crippen LogP contribution in [0.2, 0.25) is 10.0 Å². The Balaban J connectivity index is 1.93. The van der Waals surface area contributed by atoms with Crippen molar-refractivity contribution in [2.45, 2.75) is 32.4 Å². The van der Waals surface area contributed by atoms with Gasteiger partial charge in [0, 0.05) is 19.1 Å². The van der Waals surface area contributed by atoms with Gasteiger partial charge in [-0.25, -0.2) is 0 Å². The van der Waals surface area contributed by atoms with Gasteiger partial charge in [-0.05, 0) is 43.6 Å². The molecule has 0 aromatic heterocycles. The van der Waals surface area contributed by atoms with Crippen molar-refractivity contribution in [2.75, 3.05) is 19.6 Å². The molecule has 1 aliphatic rings. The third-order valence-corrected chi connectivity index (χ3v) is 4.13. The van der Waals surface area contributed by atoms with E-state index in [2.05, 4.69) is 23.2 Å². The zero-order valence-corrected chi connectivity index (χ0v) is 12.3. The van der Waals surface area contributed by atoms with E-state index in [1.165, 1.54) is 24.9 Å². The molecule has 4 heteroatoms. The van der Waals surface area contributed by atoms with E-state index in [4.69, 9.17) is 23.2 Å². The van der Waals surface area contributed by atoms with Crippen LogP contribution in [-0.4, -0.2) is 30.6 Å². The van der Waals surface area contributed by atoms with Crippen molar-refractivity contribution in [3.63, 3.8) is 0 Å². The largest absolute Gasteiger partial charge is 0.313 e. The molecule has 1 fully saturated rings. The summed E-state index contributed by atoms with van der Waals surface area (Å²) in [7, 11) is 0. The van der Waals surface area contributed by atoms with Gasteiger partial charge < -0.3 is 5.32 Å². The molecule has 1 heterocycles. The maximum atomic E-state index is 6.05. The normalized spacial score (nSPS) is 21.2. The molecular weight excluding hydrogens is 267 g/mol. The Hall–Kier alpha value is -0.280. The fourth-order valence-electron chi connectivity index (χ4n) is 2.55. The lowest BCUT2D eigenvalue weighted by Gasteiger charge is -2.33. The van der Waals surface area contributed by atoms with Crippen molar-refractivity contribution in [3.8, 4) is 0 Å². The lowest BCUT2D eigenvalue weighted by Crippen LogP contribution is -2.45. The van der Waals surface area contributed by atoms with Gasteiger partial charge in [-0.1, -0.05) is 36.2 Å². The molecule has 1 N–H and O–H groups in total. The summed E-state index contributed by atoms with van der Waals surface area (Å²) in [6.07, 6.45) is 2.55. The zero-order chi connectivity index (χ0) is 13.0. The van der Waals surface area contributed by atoms with Gasteiger partial charge in [0.05, 0.1) is 10.0 Å². The maximum absolute atomic E-state index is 6.05. The Morgan fingerprint density at radius 3 is 2.89 bits per heavy atom. The molecule has 1 saturated heterocycles. The highest BCUT2D eigenvalue weighted by atomic mass is 35.5. The standard InChI is InChI=1S/C14H20Cl2N2/c1-2-17-12-4-3-7-18(10-12)9-11-5-6-13(15)14(16)8-11/h5-6,8,12,17H,2-4,7,9-10H2,1H3. The Morgan fingerprint density at radius 1 is 1.33 bits per heavy atom. The van der Waals surface area contributed by atoms with Gasteiger partial charge in [-0.15, -0.1) is 0 Å². The summed E-state index contributed by atoms with van der Waals surface area (Å²) in [5.74, 6) is 0. The number of hydrogen-bond donors (Lipinski definition) is 1. The molecule has 0 spiro atoms. The van der Waals surface area contributed by atoms with Crippen LogP contribution in [0.4, 0.5) is 0 Å². The number of rotatable bonds is 4. The number of nitrogens with zero attached hydrogens (tertiary/aromatic N) is 1. The highest BCUT2D eigenvalue weighted by molar-refractivity contribution is 6.42. The van der Waals surface area contributed by atoms with Crippen LogP contribution in [0.1, 0.15) is 25.3 Å². The molecular formula is C14H20Cl2N2. The van der Waals surface area contributed by atoms with Gasteiger partial charge in [0.25, 0.3) is 0 Å². The fraction of sp³-hybridized carbons (Fsp3) is 0.571. The van der Waals surface area contributed by atoms with E-state index in [1.54, 1.807) is 0 Å². The lowest BCUT2D eigenvalue weighted by atomic mass is 10.0. The Labute approximate surface area is 119 Å². The Morgan fingerprint density at radius 2 is 2.17 bits per heavy atom. The van der Waals surface area contributed by atoms with Crippen molar-refractivity contribution in [1.82, 2.24) is 10.2 Å². The number of hydrogen-bond acceptors (Lipinski definition) is 2. The molecule has 100 valence electrons. The van der Waals surface area contributed by atoms with Gasteiger partial charge in [-0.3, -0.25) is 4.90 Å². The summed E-state index contributed by atoms with van der Waals surface area (Å²) in [5.41, 5.74) is 1.24. The molecule has 1 aromatic carbocycles. The first-order chi connectivity index (χ1) is 8.69. The van der Waals surface area contributed by atoms with Crippen LogP contribution < -0.4 is 5.32 Å². The predicted molar refractivity (Wildman–Crippen MR) is 78.4 cm³/mol. The quantitative estimate of drug-likeness (QED) is 0.910. The molecule has 1 aromatic rings. The van der Waals surface area contributed by atoms with E-state index in [0.29, 0.717) is 16.1 Å². The number of benzene rings is 1. The lowest BCUT2D eigenvalue weighted by molar-refractivity contribution is 0.184. The van der Waals surface area contributed by atoms with Gasteiger partial charge in [0.1, 0.15) is 0 Å². The molecule has 1 unspecified atom stereocenters. The summed E-state index contributed by atoms with van der Waals surface area (Å²) in [6.45, 7) is 6.46. The van der Waals surface area contributed by atoms with E-state index in [1.807, 2.05) is 12.1 Å². The van der Waals surface area contributed by atoms with Crippen LogP contribution in [-0.2, 0) is 6.54 Å². The second-order valence-corrected chi connectivity index (χ2v) is 5.69. The van der Waals surface area contributed by atoms with Crippen molar-refractivity contribution >= 4 is 23.2 Å². The SMILES string of the molecule is CCNC1CCCN(Cc2ccc(Cl)c(Cl)c2)C1. The van der Waals surface area contributed by atoms with E-state index >= 15 is 0 Å². The zero-order valence-electron chi connectivity index (χ0n) is 10.8. The van der Waals surface area contributed by atoms with Gasteiger partial charge in [-0.2, -0.15) is 0 Å². The highest BCUT2D eigenvalue weighted by Gasteiger charge is 2.18. The van der Waals surface area contributed by atoms with Crippen molar-refractivity contribution in [3.05, 3.63) is 33.8 Å². The minimum absolute atomic E-state index is 0.629. The summed E-state index contributed by atoms with van der Waals surface area (Å²) in [5, 5.41) is 4.81. The first kappa shape index (κ1) is 14.1. The van der Waals surface area contributed by atoms with Gasteiger partial charge >= 0.3 is 0 Å². The van der Waals surface area contributed by atoms with Gasteiger partial charge in [0.2, 0.25) is 0 Å². The molecule has 0 saturated carbocycles. The van der Waals surface area contributed by atoms with Crippen LogP contribution in [0.3, 0.4) is 0 Å². The number of halogens is 2. The fourth-order valence-corrected chi connectivity index (χ4v) is 2.87. The first-order valence-corrected chi connectivity index (χ1v) is 7.34. The molecule has 1 aliphatic heterocycles. The summed E-state index contributed by atoms with van der Waals surface area (Å²) >= 11 is 12.0. The van der Waals surface area contributed by atoms with E-state index in [9.17, 15) is 0 Å². The van der Waals surface area contributed by atoms with E-state index < -0.39 is 0 Å². The summed E-state index contributed by atoms with van der Waals surface area (Å²) < 4.78 is 0. The van der Waals surface area contributed by atoms with Gasteiger partial charge in [0.15, 0.2) is 0 Å². The van der Waals surface area contributed by atoms with E-state index in [-0.39, 0.29) is 0 Å². The Bertz CT molecular complexity index is 393. The number of likely N-dealkylation sites (tertiary alicyclic amines) is 1. The molecule has 0 radical (unpaired) electrons. The Kier molecular flexibility index (Phi) is 5.31. The second-order valence-electron chi connectivity index (χ2n) is 4.88. The third kappa shape index (κ3) is 3.86. The van der Waals surface area contributed by atoms with Crippen LogP contribution in [0.5, 0.6) is 0 Å². The third-order valence-electron chi connectivity index (χ3n) is 3.39. The average molecular weight is 287 g/mol. The molecule has 0 amide bonds. The van der Waals surface area contributed by atoms with Crippen molar-refractivity contribution in [2.24, 2.45) is 0 Å². The van der Waals surface area contributed by atoms with Crippen molar-refractivity contribution in [1.29, 1.82) is 0 Å². The summed E-state index contributed by atoms with van der Waals surface area (Å²) in [6, 6.07) is 6.54. The molecule has 0 bridgehead atoms. The highest BCUT2D eigenvalue weighted by Crippen LogP contribution is 2.24. The molecule has 0 aliphatic carbocycles. The molecule has 2 nitrogen and oxygen atoms in total. The number of nitrogens with one attached hydrogen (secondary N) is 1. The summed E-state index contributed by atoms with van der Waals surface area (Å²) in [4.78, 5) is 2.48. The maximum Gasteiger partial charge on any atom is 0.0595 e. The van der Waals surface area contributed by atoms with Crippen LogP contribution in [0.25, 0.3) is 0 Å². The van der Waals surface area contributed by atoms with Crippen LogP contribution >= 0.6 is 23.2 Å². The second kappa shape index (κ2) is 6.76. The van der Waals surface area contributed by atoms with Crippen LogP contribution in [0.15, 0.2) is 18.2 Å². The predicted octanol–water partition coefficient (Wildman–Crippen LogP) is 3.57. The van der Waals surface area contributed by atoms with Crippen LogP contribution in [0, 0.1) is 0 Å². The topological polar surface area (TPSA) is 15.3 Å².